The van der Waals surface area contributed by atoms with Gasteiger partial charge in [-0.1, -0.05) is 6.92 Å². The number of aromatic nitrogens is 4. The Bertz CT molecular complexity index is 961. The van der Waals surface area contributed by atoms with Crippen molar-refractivity contribution in [1.82, 2.24) is 19.1 Å². The first-order valence-electron chi connectivity index (χ1n) is 9.43. The molecule has 3 rings (SSSR count). The first-order chi connectivity index (χ1) is 13.6. The van der Waals surface area contributed by atoms with E-state index in [0.29, 0.717) is 17.6 Å². The summed E-state index contributed by atoms with van der Waals surface area (Å²) in [5, 5.41) is 38.7. The SMILES string of the molecule is CCC(C)(C[C@H]1OC(n2cnc3c(=N)n(C)cnc32)[C@H](O)[C@@H]1O)O[PH](=O)C(C)O. The Labute approximate surface area is 168 Å². The average molecular weight is 429 g/mol. The Morgan fingerprint density at radius 1 is 1.38 bits per heavy atom. The van der Waals surface area contributed by atoms with Gasteiger partial charge in [0, 0.05) is 13.5 Å². The number of imidazole rings is 1. The van der Waals surface area contributed by atoms with E-state index in [1.165, 1.54) is 28.7 Å². The number of rotatable bonds is 7. The highest BCUT2D eigenvalue weighted by Crippen LogP contribution is 2.41. The fourth-order valence-corrected chi connectivity index (χ4v) is 4.23. The molecule has 0 bridgehead atoms. The first-order valence-corrected chi connectivity index (χ1v) is 10.8. The zero-order valence-electron chi connectivity index (χ0n) is 16.8. The third-order valence-electron chi connectivity index (χ3n) is 5.38. The van der Waals surface area contributed by atoms with Crippen LogP contribution in [-0.4, -0.2) is 64.2 Å². The largest absolute Gasteiger partial charge is 0.388 e. The van der Waals surface area contributed by atoms with Crippen molar-refractivity contribution in [3.8, 4) is 0 Å². The van der Waals surface area contributed by atoms with Crippen molar-refractivity contribution >= 4 is 19.2 Å². The molecule has 29 heavy (non-hydrogen) atoms. The van der Waals surface area contributed by atoms with Gasteiger partial charge in [0.25, 0.3) is 0 Å². The molecule has 4 N–H and O–H groups in total. The van der Waals surface area contributed by atoms with Gasteiger partial charge in [-0.3, -0.25) is 14.5 Å². The average Bonchev–Trinajstić information content (AvgIpc) is 3.21. The van der Waals surface area contributed by atoms with Crippen LogP contribution in [0.5, 0.6) is 0 Å². The van der Waals surface area contributed by atoms with Gasteiger partial charge in [0.15, 0.2) is 17.4 Å². The molecule has 4 unspecified atom stereocenters. The molecule has 2 aromatic heterocycles. The molecule has 2 aromatic rings. The van der Waals surface area contributed by atoms with E-state index in [1.807, 2.05) is 6.92 Å². The molecule has 1 aliphatic rings. The monoisotopic (exact) mass is 429 g/mol. The lowest BCUT2D eigenvalue weighted by Gasteiger charge is -2.32. The topological polar surface area (TPSA) is 156 Å². The van der Waals surface area contributed by atoms with Gasteiger partial charge in [0.05, 0.1) is 24.4 Å². The minimum Gasteiger partial charge on any atom is -0.388 e. The van der Waals surface area contributed by atoms with E-state index in [9.17, 15) is 19.9 Å². The van der Waals surface area contributed by atoms with E-state index in [-0.39, 0.29) is 11.9 Å². The molecule has 1 saturated heterocycles. The van der Waals surface area contributed by atoms with Crippen molar-refractivity contribution in [1.29, 1.82) is 5.41 Å². The molecule has 1 aliphatic heterocycles. The Morgan fingerprint density at radius 2 is 2.07 bits per heavy atom. The zero-order chi connectivity index (χ0) is 21.5. The molecule has 0 amide bonds. The summed E-state index contributed by atoms with van der Waals surface area (Å²) in [4.78, 5) is 8.45. The number of aliphatic hydroxyl groups excluding tert-OH is 3. The number of aryl methyl sites for hydroxylation is 1. The number of ether oxygens (including phenoxy) is 1. The molecule has 0 aromatic carbocycles. The zero-order valence-corrected chi connectivity index (χ0v) is 17.8. The van der Waals surface area contributed by atoms with Crippen LogP contribution in [0, 0.1) is 5.41 Å². The highest BCUT2D eigenvalue weighted by molar-refractivity contribution is 7.39. The van der Waals surface area contributed by atoms with Gasteiger partial charge in [0.1, 0.15) is 23.6 Å². The van der Waals surface area contributed by atoms with Gasteiger partial charge >= 0.3 is 0 Å². The molecule has 3 heterocycles. The smallest absolute Gasteiger partial charge is 0.219 e. The minimum absolute atomic E-state index is 0.161. The van der Waals surface area contributed by atoms with Crippen LogP contribution in [0.4, 0.5) is 0 Å². The van der Waals surface area contributed by atoms with Gasteiger partial charge < -0.3 is 29.1 Å². The maximum atomic E-state index is 12.0. The number of nitrogens with zero attached hydrogens (tertiary/aromatic N) is 4. The Morgan fingerprint density at radius 3 is 2.69 bits per heavy atom. The van der Waals surface area contributed by atoms with Crippen molar-refractivity contribution in [2.75, 3.05) is 0 Å². The lowest BCUT2D eigenvalue weighted by atomic mass is 9.93. The van der Waals surface area contributed by atoms with E-state index in [4.69, 9.17) is 14.7 Å². The minimum atomic E-state index is -2.68. The summed E-state index contributed by atoms with van der Waals surface area (Å²) in [6.45, 7) is 4.97. The van der Waals surface area contributed by atoms with Crippen LogP contribution in [0.1, 0.15) is 39.8 Å². The predicted octanol–water partition coefficient (Wildman–Crippen LogP) is 0.257. The maximum absolute atomic E-state index is 12.0. The first kappa shape index (κ1) is 22.1. The molecular formula is C17H28N5O6P. The van der Waals surface area contributed by atoms with Crippen LogP contribution < -0.4 is 5.49 Å². The van der Waals surface area contributed by atoms with Crippen molar-refractivity contribution in [2.45, 2.75) is 69.6 Å². The molecule has 0 spiro atoms. The molecule has 0 radical (unpaired) electrons. The van der Waals surface area contributed by atoms with Gasteiger partial charge in [-0.25, -0.2) is 9.97 Å². The second kappa shape index (κ2) is 8.25. The Hall–Kier alpha value is -1.62. The summed E-state index contributed by atoms with van der Waals surface area (Å²) in [6.07, 6.45) is -0.689. The van der Waals surface area contributed by atoms with Gasteiger partial charge in [0.2, 0.25) is 8.03 Å². The van der Waals surface area contributed by atoms with E-state index < -0.39 is 44.0 Å². The van der Waals surface area contributed by atoms with Crippen LogP contribution in [0.15, 0.2) is 12.7 Å². The van der Waals surface area contributed by atoms with Crippen molar-refractivity contribution < 1.29 is 29.1 Å². The van der Waals surface area contributed by atoms with E-state index in [2.05, 4.69) is 9.97 Å². The molecule has 0 saturated carbocycles. The van der Waals surface area contributed by atoms with Crippen molar-refractivity contribution in [2.24, 2.45) is 7.05 Å². The van der Waals surface area contributed by atoms with Crippen molar-refractivity contribution in [3.05, 3.63) is 18.1 Å². The number of fused-ring (bicyclic) bond motifs is 1. The second-order valence-electron chi connectivity index (χ2n) is 7.68. The summed E-state index contributed by atoms with van der Waals surface area (Å²) in [5.41, 5.74) is -0.0433. The number of hydrogen-bond acceptors (Lipinski definition) is 9. The lowest BCUT2D eigenvalue weighted by Crippen LogP contribution is -2.38. The summed E-state index contributed by atoms with van der Waals surface area (Å²) >= 11 is 0. The van der Waals surface area contributed by atoms with E-state index in [0.717, 1.165) is 0 Å². The molecule has 11 nitrogen and oxygen atoms in total. The van der Waals surface area contributed by atoms with Crippen molar-refractivity contribution in [3.63, 3.8) is 0 Å². The van der Waals surface area contributed by atoms with Crippen LogP contribution in [-0.2, 0) is 20.9 Å². The predicted molar refractivity (Wildman–Crippen MR) is 103 cm³/mol. The van der Waals surface area contributed by atoms with Gasteiger partial charge in [-0.05, 0) is 20.3 Å². The van der Waals surface area contributed by atoms with Gasteiger partial charge in [-0.2, -0.15) is 0 Å². The third kappa shape index (κ3) is 4.16. The summed E-state index contributed by atoms with van der Waals surface area (Å²) < 4.78 is 26.5. The van der Waals surface area contributed by atoms with E-state index in [1.54, 1.807) is 14.0 Å². The highest BCUT2D eigenvalue weighted by Gasteiger charge is 2.47. The Balaban J connectivity index is 1.84. The molecule has 0 aliphatic carbocycles. The normalized spacial score (nSPS) is 29.1. The molecule has 7 atom stereocenters. The Kier molecular flexibility index (Phi) is 6.28. The fourth-order valence-electron chi connectivity index (χ4n) is 3.34. The standard InChI is InChI=1S/C17H28N5O6P/c1-5-17(3,28-29(26)9(2)23)6-10-12(24)13(25)16(27-10)22-8-19-11-14(18)21(4)7-20-15(11)22/h7-10,12-13,16,18,23-25,29H,5-6H2,1-4H3/t9?,10-,12-,13-,16?,17?/m1/s1. The second-order valence-corrected chi connectivity index (χ2v) is 9.36. The fraction of sp³-hybridized carbons (Fsp3) is 0.706. The summed E-state index contributed by atoms with van der Waals surface area (Å²) in [6, 6.07) is 0. The molecule has 162 valence electrons. The maximum Gasteiger partial charge on any atom is 0.219 e. The van der Waals surface area contributed by atoms with Crippen LogP contribution in [0.2, 0.25) is 0 Å². The van der Waals surface area contributed by atoms with Crippen LogP contribution in [0.3, 0.4) is 0 Å². The third-order valence-corrected chi connectivity index (χ3v) is 6.75. The van der Waals surface area contributed by atoms with Gasteiger partial charge in [-0.15, -0.1) is 0 Å². The molecular weight excluding hydrogens is 401 g/mol. The number of hydrogen-bond donors (Lipinski definition) is 4. The number of aliphatic hydroxyl groups is 3. The van der Waals surface area contributed by atoms with E-state index >= 15 is 0 Å². The summed E-state index contributed by atoms with van der Waals surface area (Å²) in [5.74, 6) is -1.08. The molecule has 12 heteroatoms. The summed E-state index contributed by atoms with van der Waals surface area (Å²) in [7, 11) is -1.00. The van der Waals surface area contributed by atoms with Crippen LogP contribution in [0.25, 0.3) is 11.2 Å². The molecule has 1 fully saturated rings. The quantitative estimate of drug-likeness (QED) is 0.457. The highest BCUT2D eigenvalue weighted by atomic mass is 31.1. The lowest BCUT2D eigenvalue weighted by molar-refractivity contribution is -0.0628. The number of nitrogens with one attached hydrogen (secondary N) is 1. The van der Waals surface area contributed by atoms with Crippen LogP contribution >= 0.6 is 8.03 Å².